The lowest BCUT2D eigenvalue weighted by Crippen LogP contribution is -2.52. The highest BCUT2D eigenvalue weighted by Crippen LogP contribution is 2.45. The number of carbonyl (C=O) groups is 3. The van der Waals surface area contributed by atoms with Crippen molar-refractivity contribution in [3.63, 3.8) is 0 Å². The maximum atomic E-state index is 12.0. The second-order valence-corrected chi connectivity index (χ2v) is 7.47. The molecule has 1 saturated heterocycles. The van der Waals surface area contributed by atoms with Crippen LogP contribution in [0.2, 0.25) is 0 Å². The van der Waals surface area contributed by atoms with E-state index in [2.05, 4.69) is 0 Å². The normalized spacial score (nSPS) is 28.6. The van der Waals surface area contributed by atoms with E-state index in [4.69, 9.17) is 15.2 Å². The molecule has 0 aromatic heterocycles. The molecule has 1 fully saturated rings. The number of carboxylic acids is 2. The Hall–Kier alpha value is -1.38. The van der Waals surface area contributed by atoms with Crippen LogP contribution in [0.5, 0.6) is 0 Å². The SMILES string of the molecule is C[C@@H]1OC(=O)[C@@H](N)COC[C@H](C(C)(C)C(=O)O)[C@H]1C(C)(C)C(=O)O.Cl. The molecule has 4 atom stereocenters. The van der Waals surface area contributed by atoms with Crippen molar-refractivity contribution in [1.29, 1.82) is 0 Å². The summed E-state index contributed by atoms with van der Waals surface area (Å²) in [6, 6.07) is -0.993. The molecule has 1 heterocycles. The largest absolute Gasteiger partial charge is 0.481 e. The standard InChI is InChI=1S/C16H27NO7.ClH/c1-8-11(16(4,5)14(21)22)9(15(2,3)13(19)20)6-23-7-10(17)12(18)24-8;/h8-11H,6-7,17H2,1-5H3,(H,19,20)(H,21,22);1H/t8-,9-,10-,11-;/m0./s1. The average molecular weight is 382 g/mol. The fourth-order valence-electron chi connectivity index (χ4n) is 3.21. The third-order valence-corrected chi connectivity index (χ3v) is 5.00. The van der Waals surface area contributed by atoms with Crippen molar-refractivity contribution in [3.8, 4) is 0 Å². The summed E-state index contributed by atoms with van der Waals surface area (Å²) in [5.74, 6) is -4.36. The van der Waals surface area contributed by atoms with E-state index in [1.807, 2.05) is 0 Å². The van der Waals surface area contributed by atoms with Gasteiger partial charge in [0.2, 0.25) is 0 Å². The molecular formula is C16H28ClNO7. The van der Waals surface area contributed by atoms with E-state index in [1.165, 1.54) is 27.7 Å². The Morgan fingerprint density at radius 1 is 1.08 bits per heavy atom. The summed E-state index contributed by atoms with van der Waals surface area (Å²) >= 11 is 0. The van der Waals surface area contributed by atoms with Crippen LogP contribution in [0, 0.1) is 22.7 Å². The highest BCUT2D eigenvalue weighted by molar-refractivity contribution is 5.85. The van der Waals surface area contributed by atoms with Crippen LogP contribution < -0.4 is 5.73 Å². The number of rotatable bonds is 4. The van der Waals surface area contributed by atoms with Crippen molar-refractivity contribution in [1.82, 2.24) is 0 Å². The average Bonchev–Trinajstić information content (AvgIpc) is 2.49. The van der Waals surface area contributed by atoms with Gasteiger partial charge in [0.1, 0.15) is 12.1 Å². The zero-order valence-electron chi connectivity index (χ0n) is 15.1. The van der Waals surface area contributed by atoms with Crippen molar-refractivity contribution in [2.45, 2.75) is 46.8 Å². The monoisotopic (exact) mass is 381 g/mol. The Morgan fingerprint density at radius 3 is 2.00 bits per heavy atom. The molecule has 0 spiro atoms. The summed E-state index contributed by atoms with van der Waals surface area (Å²) < 4.78 is 10.8. The molecule has 0 aromatic rings. The van der Waals surface area contributed by atoms with Crippen LogP contribution in [0.15, 0.2) is 0 Å². The second-order valence-electron chi connectivity index (χ2n) is 7.47. The molecule has 0 unspecified atom stereocenters. The third-order valence-electron chi connectivity index (χ3n) is 5.00. The van der Waals surface area contributed by atoms with Gasteiger partial charge in [-0.2, -0.15) is 0 Å². The number of hydrogen-bond donors (Lipinski definition) is 3. The molecule has 0 aromatic carbocycles. The van der Waals surface area contributed by atoms with E-state index in [-0.39, 0.29) is 25.6 Å². The summed E-state index contributed by atoms with van der Waals surface area (Å²) in [4.78, 5) is 35.5. The molecule has 1 aliphatic rings. The first-order valence-corrected chi connectivity index (χ1v) is 7.84. The molecule has 25 heavy (non-hydrogen) atoms. The van der Waals surface area contributed by atoms with Gasteiger partial charge in [-0.1, -0.05) is 0 Å². The number of esters is 1. The molecule has 1 rings (SSSR count). The van der Waals surface area contributed by atoms with E-state index in [1.54, 1.807) is 6.92 Å². The van der Waals surface area contributed by atoms with Gasteiger partial charge in [-0.25, -0.2) is 0 Å². The number of hydrogen-bond acceptors (Lipinski definition) is 6. The van der Waals surface area contributed by atoms with E-state index in [0.29, 0.717) is 0 Å². The number of cyclic esters (lactones) is 1. The summed E-state index contributed by atoms with van der Waals surface area (Å²) in [5.41, 5.74) is 3.05. The Balaban J connectivity index is 0.00000576. The van der Waals surface area contributed by atoms with E-state index >= 15 is 0 Å². The van der Waals surface area contributed by atoms with Gasteiger partial charge in [0.15, 0.2) is 0 Å². The zero-order chi connectivity index (χ0) is 18.9. The number of carboxylic acid groups (broad SMARTS) is 2. The number of ether oxygens (including phenoxy) is 2. The lowest BCUT2D eigenvalue weighted by molar-refractivity contribution is -0.173. The van der Waals surface area contributed by atoms with Crippen LogP contribution in [0.4, 0.5) is 0 Å². The molecule has 0 aliphatic carbocycles. The fourth-order valence-corrected chi connectivity index (χ4v) is 3.21. The van der Waals surface area contributed by atoms with Crippen LogP contribution >= 0.6 is 12.4 Å². The molecule has 0 saturated carbocycles. The van der Waals surface area contributed by atoms with Crippen LogP contribution in [0.25, 0.3) is 0 Å². The molecule has 1 aliphatic heterocycles. The molecule has 9 heteroatoms. The first-order valence-electron chi connectivity index (χ1n) is 7.84. The number of nitrogens with two attached hydrogens (primary N) is 1. The van der Waals surface area contributed by atoms with Gasteiger partial charge in [0.05, 0.1) is 24.0 Å². The van der Waals surface area contributed by atoms with Gasteiger partial charge in [-0.05, 0) is 34.6 Å². The maximum absolute atomic E-state index is 12.0. The number of aliphatic carboxylic acids is 2. The Kier molecular flexibility index (Phi) is 7.87. The van der Waals surface area contributed by atoms with Crippen LogP contribution in [-0.2, 0) is 23.9 Å². The van der Waals surface area contributed by atoms with Crippen LogP contribution in [-0.4, -0.2) is 53.5 Å². The fraction of sp³-hybridized carbons (Fsp3) is 0.812. The highest BCUT2D eigenvalue weighted by atomic mass is 35.5. The predicted octanol–water partition coefficient (Wildman–Crippen LogP) is 1.15. The molecule has 8 nitrogen and oxygen atoms in total. The third kappa shape index (κ3) is 4.83. The van der Waals surface area contributed by atoms with Gasteiger partial charge < -0.3 is 25.4 Å². The van der Waals surface area contributed by atoms with Crippen LogP contribution in [0.3, 0.4) is 0 Å². The van der Waals surface area contributed by atoms with Gasteiger partial charge >= 0.3 is 17.9 Å². The minimum atomic E-state index is -1.34. The highest BCUT2D eigenvalue weighted by Gasteiger charge is 2.53. The Bertz CT molecular complexity index is 521. The van der Waals surface area contributed by atoms with Crippen molar-refractivity contribution < 1.29 is 34.1 Å². The lowest BCUT2D eigenvalue weighted by Gasteiger charge is -2.44. The molecule has 0 amide bonds. The predicted molar refractivity (Wildman–Crippen MR) is 91.4 cm³/mol. The van der Waals surface area contributed by atoms with Crippen LogP contribution in [0.1, 0.15) is 34.6 Å². The van der Waals surface area contributed by atoms with Crippen molar-refractivity contribution >= 4 is 30.3 Å². The van der Waals surface area contributed by atoms with Crippen molar-refractivity contribution in [3.05, 3.63) is 0 Å². The number of carbonyl (C=O) groups excluding carboxylic acids is 1. The van der Waals surface area contributed by atoms with E-state index < -0.39 is 52.7 Å². The molecule has 0 bridgehead atoms. The van der Waals surface area contributed by atoms with Gasteiger partial charge in [-0.15, -0.1) is 12.4 Å². The topological polar surface area (TPSA) is 136 Å². The Morgan fingerprint density at radius 2 is 1.56 bits per heavy atom. The quantitative estimate of drug-likeness (QED) is 0.617. The van der Waals surface area contributed by atoms with Gasteiger partial charge in [-0.3, -0.25) is 14.4 Å². The summed E-state index contributed by atoms with van der Waals surface area (Å²) in [7, 11) is 0. The Labute approximate surface area is 153 Å². The molecule has 4 N–H and O–H groups in total. The second kappa shape index (κ2) is 8.33. The molecular weight excluding hydrogens is 354 g/mol. The minimum absolute atomic E-state index is 0. The van der Waals surface area contributed by atoms with Crippen molar-refractivity contribution in [2.24, 2.45) is 28.4 Å². The van der Waals surface area contributed by atoms with Gasteiger partial charge in [0, 0.05) is 11.8 Å². The van der Waals surface area contributed by atoms with E-state index in [0.717, 1.165) is 0 Å². The summed E-state index contributed by atoms with van der Waals surface area (Å²) in [6.45, 7) is 7.44. The van der Waals surface area contributed by atoms with Crippen molar-refractivity contribution in [2.75, 3.05) is 13.2 Å². The molecule has 146 valence electrons. The summed E-state index contributed by atoms with van der Waals surface area (Å²) in [5, 5.41) is 19.2. The first-order chi connectivity index (χ1) is 10.8. The smallest absolute Gasteiger partial charge is 0.325 e. The zero-order valence-corrected chi connectivity index (χ0v) is 16.0. The maximum Gasteiger partial charge on any atom is 0.325 e. The minimum Gasteiger partial charge on any atom is -0.481 e. The van der Waals surface area contributed by atoms with Gasteiger partial charge in [0.25, 0.3) is 0 Å². The lowest BCUT2D eigenvalue weighted by atomic mass is 9.61. The number of halogens is 1. The van der Waals surface area contributed by atoms with E-state index in [9.17, 15) is 24.6 Å². The molecule has 0 radical (unpaired) electrons. The first kappa shape index (κ1) is 23.6. The summed E-state index contributed by atoms with van der Waals surface area (Å²) in [6.07, 6.45) is -0.833.